The third kappa shape index (κ3) is 2.34. The van der Waals surface area contributed by atoms with E-state index in [4.69, 9.17) is 27.9 Å². The molecule has 0 saturated carbocycles. The van der Waals surface area contributed by atoms with E-state index in [0.717, 1.165) is 22.4 Å². The van der Waals surface area contributed by atoms with Crippen LogP contribution < -0.4 is 4.74 Å². The van der Waals surface area contributed by atoms with Crippen LogP contribution in [-0.2, 0) is 5.88 Å². The fraction of sp³-hybridized carbons (Fsp3) is 0.200. The van der Waals surface area contributed by atoms with E-state index in [1.54, 1.807) is 19.4 Å². The molecule has 2 aromatic heterocycles. The monoisotopic (exact) mass is 321 g/mol. The Morgan fingerprint density at radius 1 is 1.33 bits per heavy atom. The van der Waals surface area contributed by atoms with Crippen LogP contribution in [0, 0.1) is 6.92 Å². The van der Waals surface area contributed by atoms with Crippen molar-refractivity contribution < 1.29 is 4.74 Å². The summed E-state index contributed by atoms with van der Waals surface area (Å²) in [6, 6.07) is 7.50. The molecule has 6 heteroatoms. The summed E-state index contributed by atoms with van der Waals surface area (Å²) in [6.45, 7) is 1.94. The Balaban J connectivity index is 2.37. The predicted molar refractivity (Wildman–Crippen MR) is 84.7 cm³/mol. The summed E-state index contributed by atoms with van der Waals surface area (Å²) in [5.74, 6) is 1.65. The highest BCUT2D eigenvalue weighted by Crippen LogP contribution is 2.32. The highest BCUT2D eigenvalue weighted by molar-refractivity contribution is 6.31. The van der Waals surface area contributed by atoms with E-state index >= 15 is 0 Å². The molecular formula is C15H13Cl2N3O. The van der Waals surface area contributed by atoms with Gasteiger partial charge in [-0.15, -0.1) is 11.6 Å². The summed E-state index contributed by atoms with van der Waals surface area (Å²) in [7, 11) is 1.61. The molecule has 4 nitrogen and oxygen atoms in total. The Kier molecular flexibility index (Phi) is 3.74. The minimum absolute atomic E-state index is 0.279. The zero-order valence-corrected chi connectivity index (χ0v) is 13.1. The van der Waals surface area contributed by atoms with Crippen LogP contribution in [0.1, 0.15) is 11.4 Å². The normalized spacial score (nSPS) is 11.0. The van der Waals surface area contributed by atoms with Crippen LogP contribution in [0.15, 0.2) is 30.5 Å². The molecule has 0 fully saturated rings. The van der Waals surface area contributed by atoms with E-state index in [2.05, 4.69) is 9.97 Å². The number of fused-ring (bicyclic) bond motifs is 1. The molecule has 0 aliphatic rings. The highest BCUT2D eigenvalue weighted by atomic mass is 35.5. The van der Waals surface area contributed by atoms with Gasteiger partial charge in [-0.1, -0.05) is 11.6 Å². The average Bonchev–Trinajstić information content (AvgIpc) is 2.88. The number of alkyl halides is 1. The minimum Gasteiger partial charge on any atom is -0.495 e. The van der Waals surface area contributed by atoms with Crippen molar-refractivity contribution in [1.29, 1.82) is 0 Å². The molecule has 0 unspecified atom stereocenters. The predicted octanol–water partition coefficient (Wildman–Crippen LogP) is 4.13. The van der Waals surface area contributed by atoms with Crippen molar-refractivity contribution in [2.75, 3.05) is 7.11 Å². The van der Waals surface area contributed by atoms with E-state index in [1.165, 1.54) is 0 Å². The van der Waals surface area contributed by atoms with Gasteiger partial charge in [-0.05, 0) is 30.7 Å². The van der Waals surface area contributed by atoms with Gasteiger partial charge in [0.1, 0.15) is 17.1 Å². The van der Waals surface area contributed by atoms with Crippen LogP contribution in [-0.4, -0.2) is 21.6 Å². The van der Waals surface area contributed by atoms with E-state index in [1.807, 2.05) is 29.7 Å². The summed E-state index contributed by atoms with van der Waals surface area (Å²) in [5.41, 5.74) is 3.32. The molecule has 2 heterocycles. The molecule has 1 aromatic carbocycles. The number of methoxy groups -OCH3 is 1. The van der Waals surface area contributed by atoms with Gasteiger partial charge >= 0.3 is 0 Å². The van der Waals surface area contributed by atoms with Crippen molar-refractivity contribution in [2.24, 2.45) is 0 Å². The van der Waals surface area contributed by atoms with E-state index in [-0.39, 0.29) is 5.88 Å². The van der Waals surface area contributed by atoms with Gasteiger partial charge < -0.3 is 4.74 Å². The lowest BCUT2D eigenvalue weighted by Crippen LogP contribution is -2.03. The number of ether oxygens (including phenoxy) is 1. The van der Waals surface area contributed by atoms with Crippen molar-refractivity contribution in [3.8, 4) is 11.4 Å². The van der Waals surface area contributed by atoms with Gasteiger partial charge in [0.15, 0.2) is 5.65 Å². The number of benzene rings is 1. The standard InChI is InChI=1S/C15H13Cl2N3O/c1-9-6-12(13(21-2)7-10(9)17)20-14(8-16)19-11-4-3-5-18-15(11)20/h3-7H,8H2,1-2H3. The second kappa shape index (κ2) is 5.54. The molecule has 0 spiro atoms. The smallest absolute Gasteiger partial charge is 0.164 e. The Morgan fingerprint density at radius 2 is 2.14 bits per heavy atom. The third-order valence-corrected chi connectivity index (χ3v) is 3.95. The summed E-state index contributed by atoms with van der Waals surface area (Å²) in [6.07, 6.45) is 1.73. The van der Waals surface area contributed by atoms with Crippen LogP contribution in [0.3, 0.4) is 0 Å². The Hall–Kier alpha value is -1.78. The molecule has 108 valence electrons. The van der Waals surface area contributed by atoms with Crippen molar-refractivity contribution in [2.45, 2.75) is 12.8 Å². The number of hydrogen-bond donors (Lipinski definition) is 0. The number of aromatic nitrogens is 3. The number of aryl methyl sites for hydroxylation is 1. The SMILES string of the molecule is COc1cc(Cl)c(C)cc1-n1c(CCl)nc2cccnc21. The Bertz CT molecular complexity index is 814. The molecule has 0 radical (unpaired) electrons. The second-order valence-electron chi connectivity index (χ2n) is 4.62. The average molecular weight is 322 g/mol. The second-order valence-corrected chi connectivity index (χ2v) is 5.29. The first-order valence-corrected chi connectivity index (χ1v) is 7.29. The number of nitrogens with zero attached hydrogens (tertiary/aromatic N) is 3. The van der Waals surface area contributed by atoms with E-state index in [9.17, 15) is 0 Å². The lowest BCUT2D eigenvalue weighted by molar-refractivity contribution is 0.413. The maximum absolute atomic E-state index is 6.17. The summed E-state index contributed by atoms with van der Waals surface area (Å²) < 4.78 is 7.36. The third-order valence-electron chi connectivity index (χ3n) is 3.31. The van der Waals surface area contributed by atoms with Gasteiger partial charge in [-0.2, -0.15) is 0 Å². The van der Waals surface area contributed by atoms with Crippen LogP contribution in [0.2, 0.25) is 5.02 Å². The Morgan fingerprint density at radius 3 is 2.86 bits per heavy atom. The Labute approximate surface area is 132 Å². The van der Waals surface area contributed by atoms with E-state index in [0.29, 0.717) is 16.6 Å². The van der Waals surface area contributed by atoms with Crippen LogP contribution >= 0.6 is 23.2 Å². The molecule has 0 aliphatic carbocycles. The fourth-order valence-corrected chi connectivity index (χ4v) is 2.62. The molecule has 3 rings (SSSR count). The molecule has 21 heavy (non-hydrogen) atoms. The number of halogens is 2. The zero-order valence-electron chi connectivity index (χ0n) is 11.6. The lowest BCUT2D eigenvalue weighted by Gasteiger charge is -2.14. The number of hydrogen-bond acceptors (Lipinski definition) is 3. The van der Waals surface area contributed by atoms with Crippen molar-refractivity contribution in [1.82, 2.24) is 14.5 Å². The number of pyridine rings is 1. The molecule has 0 N–H and O–H groups in total. The van der Waals surface area contributed by atoms with Crippen molar-refractivity contribution >= 4 is 34.4 Å². The first kappa shape index (κ1) is 14.2. The molecule has 0 amide bonds. The molecule has 0 bridgehead atoms. The number of rotatable bonds is 3. The van der Waals surface area contributed by atoms with Gasteiger partial charge in [-0.25, -0.2) is 9.97 Å². The molecule has 3 aromatic rings. The van der Waals surface area contributed by atoms with Crippen LogP contribution in [0.4, 0.5) is 0 Å². The van der Waals surface area contributed by atoms with Gasteiger partial charge in [-0.3, -0.25) is 4.57 Å². The maximum Gasteiger partial charge on any atom is 0.164 e. The van der Waals surface area contributed by atoms with Crippen LogP contribution in [0.25, 0.3) is 16.9 Å². The summed E-state index contributed by atoms with van der Waals surface area (Å²) in [4.78, 5) is 8.92. The molecule has 0 aliphatic heterocycles. The minimum atomic E-state index is 0.279. The van der Waals surface area contributed by atoms with E-state index < -0.39 is 0 Å². The molecule has 0 atom stereocenters. The fourth-order valence-electron chi connectivity index (χ4n) is 2.29. The van der Waals surface area contributed by atoms with Crippen LogP contribution in [0.5, 0.6) is 5.75 Å². The topological polar surface area (TPSA) is 39.9 Å². The lowest BCUT2D eigenvalue weighted by atomic mass is 10.2. The molecule has 0 saturated heterocycles. The summed E-state index contributed by atoms with van der Waals surface area (Å²) >= 11 is 12.2. The zero-order chi connectivity index (χ0) is 15.0. The molecular weight excluding hydrogens is 309 g/mol. The quantitative estimate of drug-likeness (QED) is 0.681. The summed E-state index contributed by atoms with van der Waals surface area (Å²) in [5, 5.41) is 0.653. The maximum atomic E-state index is 6.17. The van der Waals surface area contributed by atoms with Gasteiger partial charge in [0.05, 0.1) is 18.7 Å². The van der Waals surface area contributed by atoms with Gasteiger partial charge in [0.25, 0.3) is 0 Å². The highest BCUT2D eigenvalue weighted by Gasteiger charge is 2.17. The first-order chi connectivity index (χ1) is 10.2. The first-order valence-electron chi connectivity index (χ1n) is 6.38. The largest absolute Gasteiger partial charge is 0.495 e. The van der Waals surface area contributed by atoms with Crippen molar-refractivity contribution in [3.05, 3.63) is 46.9 Å². The number of imidazole rings is 1. The van der Waals surface area contributed by atoms with Gasteiger partial charge in [0, 0.05) is 17.3 Å². The van der Waals surface area contributed by atoms with Crippen molar-refractivity contribution in [3.63, 3.8) is 0 Å². The van der Waals surface area contributed by atoms with Gasteiger partial charge in [0.2, 0.25) is 0 Å².